The van der Waals surface area contributed by atoms with Gasteiger partial charge in [-0.25, -0.2) is 9.48 Å². The minimum absolute atomic E-state index is 0.354. The summed E-state index contributed by atoms with van der Waals surface area (Å²) in [6.45, 7) is 5.41. The summed E-state index contributed by atoms with van der Waals surface area (Å²) in [6.07, 6.45) is 5.53. The van der Waals surface area contributed by atoms with Gasteiger partial charge in [0, 0.05) is 12.6 Å². The highest BCUT2D eigenvalue weighted by Gasteiger charge is 2.06. The van der Waals surface area contributed by atoms with Gasteiger partial charge in [-0.05, 0) is 25.0 Å². The van der Waals surface area contributed by atoms with Crippen LogP contribution in [0.15, 0.2) is 47.6 Å². The topological polar surface area (TPSA) is 68.5 Å². The molecule has 2 aromatic rings. The van der Waals surface area contributed by atoms with E-state index < -0.39 is 0 Å². The molecule has 6 heteroatoms. The molecule has 0 unspecified atom stereocenters. The average molecular weight is 342 g/mol. The number of hydrogen-bond acceptors (Lipinski definition) is 3. The Balaban J connectivity index is 2.25. The Morgan fingerprint density at radius 3 is 2.68 bits per heavy atom. The number of urea groups is 1. The van der Waals surface area contributed by atoms with Crippen LogP contribution in [0.3, 0.4) is 0 Å². The minimum atomic E-state index is -0.354. The quantitative estimate of drug-likeness (QED) is 0.747. The van der Waals surface area contributed by atoms with Gasteiger partial charge in [-0.15, -0.1) is 0 Å². The average Bonchev–Trinajstić information content (AvgIpc) is 2.63. The van der Waals surface area contributed by atoms with E-state index in [-0.39, 0.29) is 6.03 Å². The second-order valence-corrected chi connectivity index (χ2v) is 5.70. The van der Waals surface area contributed by atoms with E-state index in [1.807, 2.05) is 30.3 Å². The standard InChI is InChI=1S/C19H26N4O2/c1-3-5-12-20-19(24)22-16-14-18(25-13-6-4-2)23(21-15-16)17-10-8-7-9-11-17/h7-11,14-15H,3-6,12-13H2,1-2H3,(H,20,24)/b22-16-. The molecule has 0 bridgehead atoms. The molecule has 1 aromatic heterocycles. The van der Waals surface area contributed by atoms with Gasteiger partial charge in [0.2, 0.25) is 5.88 Å². The van der Waals surface area contributed by atoms with Crippen molar-refractivity contribution >= 4 is 6.03 Å². The SMILES string of the molecule is CCCCNC(=O)/N=c1\cnn(-c2ccccc2)c(OCCCC)c1. The molecular weight excluding hydrogens is 316 g/mol. The number of ether oxygens (including phenoxy) is 1. The number of amides is 2. The third-order valence-corrected chi connectivity index (χ3v) is 3.57. The molecule has 0 aliphatic carbocycles. The fourth-order valence-electron chi connectivity index (χ4n) is 2.18. The maximum absolute atomic E-state index is 11.9. The van der Waals surface area contributed by atoms with Crippen LogP contribution in [0.5, 0.6) is 5.88 Å². The number of carbonyl (C=O) groups is 1. The molecule has 134 valence electrons. The van der Waals surface area contributed by atoms with Gasteiger partial charge >= 0.3 is 6.03 Å². The van der Waals surface area contributed by atoms with Crippen LogP contribution >= 0.6 is 0 Å². The van der Waals surface area contributed by atoms with E-state index >= 15 is 0 Å². The second kappa shape index (κ2) is 10.3. The van der Waals surface area contributed by atoms with Crippen molar-refractivity contribution in [3.05, 3.63) is 48.0 Å². The summed E-state index contributed by atoms with van der Waals surface area (Å²) in [5, 5.41) is 7.64. The molecule has 0 fully saturated rings. The molecule has 0 aliphatic heterocycles. The maximum Gasteiger partial charge on any atom is 0.341 e. The van der Waals surface area contributed by atoms with Crippen molar-refractivity contribution in [2.75, 3.05) is 13.2 Å². The van der Waals surface area contributed by atoms with Gasteiger partial charge in [0.15, 0.2) is 0 Å². The summed E-state index contributed by atoms with van der Waals surface area (Å²) in [7, 11) is 0. The molecule has 0 radical (unpaired) electrons. The van der Waals surface area contributed by atoms with Gasteiger partial charge in [-0.3, -0.25) is 0 Å². The molecule has 0 saturated carbocycles. The lowest BCUT2D eigenvalue weighted by Crippen LogP contribution is -2.24. The lowest BCUT2D eigenvalue weighted by Gasteiger charge is -2.13. The fraction of sp³-hybridized carbons (Fsp3) is 0.421. The van der Waals surface area contributed by atoms with Crippen LogP contribution in [-0.2, 0) is 0 Å². The second-order valence-electron chi connectivity index (χ2n) is 5.70. The van der Waals surface area contributed by atoms with E-state index in [1.54, 1.807) is 16.9 Å². The van der Waals surface area contributed by atoms with Crippen molar-refractivity contribution in [1.29, 1.82) is 0 Å². The molecule has 0 atom stereocenters. The Labute approximate surface area is 148 Å². The highest BCUT2D eigenvalue weighted by Crippen LogP contribution is 2.14. The monoisotopic (exact) mass is 342 g/mol. The molecule has 0 aliphatic rings. The Kier molecular flexibility index (Phi) is 7.69. The van der Waals surface area contributed by atoms with Crippen LogP contribution in [0, 0.1) is 0 Å². The number of carbonyl (C=O) groups excluding carboxylic acids is 1. The molecular formula is C19H26N4O2. The van der Waals surface area contributed by atoms with E-state index in [4.69, 9.17) is 4.74 Å². The van der Waals surface area contributed by atoms with Crippen molar-refractivity contribution in [3.8, 4) is 11.6 Å². The molecule has 1 N–H and O–H groups in total. The largest absolute Gasteiger partial charge is 0.478 e. The Hall–Kier alpha value is -2.63. The first kappa shape index (κ1) is 18.7. The third kappa shape index (κ3) is 6.06. The molecule has 0 saturated heterocycles. The highest BCUT2D eigenvalue weighted by molar-refractivity contribution is 5.74. The van der Waals surface area contributed by atoms with Crippen molar-refractivity contribution < 1.29 is 9.53 Å². The van der Waals surface area contributed by atoms with Crippen LogP contribution < -0.4 is 15.4 Å². The summed E-state index contributed by atoms with van der Waals surface area (Å²) < 4.78 is 7.57. The summed E-state index contributed by atoms with van der Waals surface area (Å²) in [6, 6.07) is 11.1. The fourth-order valence-corrected chi connectivity index (χ4v) is 2.18. The Morgan fingerprint density at radius 2 is 1.96 bits per heavy atom. The number of hydrogen-bond donors (Lipinski definition) is 1. The normalized spacial score (nSPS) is 11.4. The molecule has 1 aromatic carbocycles. The molecule has 2 rings (SSSR count). The number of benzene rings is 1. The number of unbranched alkanes of at least 4 members (excludes halogenated alkanes) is 2. The van der Waals surface area contributed by atoms with Gasteiger partial charge in [0.25, 0.3) is 0 Å². The first-order valence-corrected chi connectivity index (χ1v) is 8.84. The van der Waals surface area contributed by atoms with Crippen molar-refractivity contribution in [3.63, 3.8) is 0 Å². The molecule has 1 heterocycles. The summed E-state index contributed by atoms with van der Waals surface area (Å²) in [5.41, 5.74) is 0.896. The minimum Gasteiger partial charge on any atom is -0.478 e. The number of nitrogens with zero attached hydrogens (tertiary/aromatic N) is 3. The zero-order valence-electron chi connectivity index (χ0n) is 14.9. The van der Waals surface area contributed by atoms with E-state index in [0.29, 0.717) is 24.4 Å². The zero-order chi connectivity index (χ0) is 17.9. The van der Waals surface area contributed by atoms with Crippen LogP contribution in [0.25, 0.3) is 5.69 Å². The van der Waals surface area contributed by atoms with Crippen LogP contribution in [0.4, 0.5) is 4.79 Å². The Morgan fingerprint density at radius 1 is 1.20 bits per heavy atom. The zero-order valence-corrected chi connectivity index (χ0v) is 14.9. The van der Waals surface area contributed by atoms with Crippen molar-refractivity contribution in [2.24, 2.45) is 4.99 Å². The van der Waals surface area contributed by atoms with Crippen molar-refractivity contribution in [1.82, 2.24) is 15.1 Å². The molecule has 6 nitrogen and oxygen atoms in total. The predicted octanol–water partition coefficient (Wildman–Crippen LogP) is 3.46. The third-order valence-electron chi connectivity index (χ3n) is 3.57. The lowest BCUT2D eigenvalue weighted by molar-refractivity contribution is 0.248. The molecule has 25 heavy (non-hydrogen) atoms. The van der Waals surface area contributed by atoms with E-state index in [9.17, 15) is 4.79 Å². The number of rotatable bonds is 8. The lowest BCUT2D eigenvalue weighted by atomic mass is 10.3. The van der Waals surface area contributed by atoms with E-state index in [0.717, 1.165) is 31.4 Å². The van der Waals surface area contributed by atoms with Gasteiger partial charge in [-0.1, -0.05) is 44.9 Å². The van der Waals surface area contributed by atoms with E-state index in [2.05, 4.69) is 29.3 Å². The van der Waals surface area contributed by atoms with Gasteiger partial charge < -0.3 is 10.1 Å². The van der Waals surface area contributed by atoms with Gasteiger partial charge in [0.1, 0.15) is 0 Å². The van der Waals surface area contributed by atoms with Crippen LogP contribution in [-0.4, -0.2) is 29.0 Å². The van der Waals surface area contributed by atoms with Crippen LogP contribution in [0.2, 0.25) is 0 Å². The van der Waals surface area contributed by atoms with Crippen molar-refractivity contribution in [2.45, 2.75) is 39.5 Å². The summed E-state index contributed by atoms with van der Waals surface area (Å²) >= 11 is 0. The summed E-state index contributed by atoms with van der Waals surface area (Å²) in [4.78, 5) is 15.9. The predicted molar refractivity (Wildman–Crippen MR) is 97.8 cm³/mol. The van der Waals surface area contributed by atoms with Crippen LogP contribution in [0.1, 0.15) is 39.5 Å². The highest BCUT2D eigenvalue weighted by atomic mass is 16.5. The van der Waals surface area contributed by atoms with Gasteiger partial charge in [-0.2, -0.15) is 10.1 Å². The number of para-hydroxylation sites is 1. The molecule has 2 amide bonds. The number of aromatic nitrogens is 2. The number of nitrogens with one attached hydrogen (secondary N) is 1. The Bertz CT molecular complexity index is 726. The van der Waals surface area contributed by atoms with Gasteiger partial charge in [0.05, 0.1) is 23.8 Å². The maximum atomic E-state index is 11.9. The summed E-state index contributed by atoms with van der Waals surface area (Å²) in [5.74, 6) is 0.572. The van der Waals surface area contributed by atoms with E-state index in [1.165, 1.54) is 0 Å². The smallest absolute Gasteiger partial charge is 0.341 e. The first-order valence-electron chi connectivity index (χ1n) is 8.84. The molecule has 0 spiro atoms. The first-order chi connectivity index (χ1) is 12.2.